The van der Waals surface area contributed by atoms with Crippen LogP contribution in [0, 0.1) is 0 Å². The molecule has 24 heavy (non-hydrogen) atoms. The maximum atomic E-state index is 12.1. The van der Waals surface area contributed by atoms with Gasteiger partial charge in [-0.15, -0.1) is 21.5 Å². The van der Waals surface area contributed by atoms with Gasteiger partial charge in [-0.25, -0.2) is 9.78 Å². The smallest absolute Gasteiger partial charge is 0.323 e. The minimum Gasteiger partial charge on any atom is -0.341 e. The lowest BCUT2D eigenvalue weighted by Gasteiger charge is -2.12. The van der Waals surface area contributed by atoms with Crippen LogP contribution in [0.5, 0.6) is 0 Å². The van der Waals surface area contributed by atoms with Crippen molar-refractivity contribution in [1.29, 1.82) is 0 Å². The van der Waals surface area contributed by atoms with Crippen LogP contribution >= 0.6 is 22.7 Å². The van der Waals surface area contributed by atoms with E-state index in [9.17, 15) is 9.59 Å². The van der Waals surface area contributed by atoms with E-state index in [4.69, 9.17) is 0 Å². The number of carbonyl (C=O) groups excluding carboxylic acids is 2. The van der Waals surface area contributed by atoms with Crippen LogP contribution in [0.2, 0.25) is 0 Å². The molecule has 0 bridgehead atoms. The summed E-state index contributed by atoms with van der Waals surface area (Å²) >= 11 is 2.67. The van der Waals surface area contributed by atoms with E-state index in [0.717, 1.165) is 5.01 Å². The molecule has 2 N–H and O–H groups in total. The van der Waals surface area contributed by atoms with E-state index in [1.54, 1.807) is 19.5 Å². The second-order valence-electron chi connectivity index (χ2n) is 6.12. The Morgan fingerprint density at radius 2 is 2.00 bits per heavy atom. The largest absolute Gasteiger partial charge is 0.341 e. The van der Waals surface area contributed by atoms with Crippen molar-refractivity contribution in [2.45, 2.75) is 32.6 Å². The summed E-state index contributed by atoms with van der Waals surface area (Å²) in [7, 11) is 3.17. The van der Waals surface area contributed by atoms with Crippen molar-refractivity contribution < 1.29 is 9.59 Å². The van der Waals surface area contributed by atoms with Crippen molar-refractivity contribution in [2.75, 3.05) is 24.3 Å². The minimum atomic E-state index is -0.260. The monoisotopic (exact) mass is 368 g/mol. The molecule has 2 heterocycles. The van der Waals surface area contributed by atoms with Crippen LogP contribution in [0.25, 0.3) is 0 Å². The Morgan fingerprint density at radius 3 is 2.58 bits per heavy atom. The van der Waals surface area contributed by atoms with Gasteiger partial charge in [0.1, 0.15) is 5.01 Å². The zero-order chi connectivity index (χ0) is 17.9. The van der Waals surface area contributed by atoms with E-state index < -0.39 is 0 Å². The Hall–Kier alpha value is -2.07. The predicted octanol–water partition coefficient (Wildman–Crippen LogP) is 2.25. The summed E-state index contributed by atoms with van der Waals surface area (Å²) in [6.45, 7) is 6.12. The lowest BCUT2D eigenvalue weighted by molar-refractivity contribution is -0.115. The molecule has 10 heteroatoms. The normalized spacial score (nSPS) is 11.2. The lowest BCUT2D eigenvalue weighted by Crippen LogP contribution is -2.34. The summed E-state index contributed by atoms with van der Waals surface area (Å²) < 4.78 is 0. The quantitative estimate of drug-likeness (QED) is 0.862. The first-order chi connectivity index (χ1) is 11.2. The van der Waals surface area contributed by atoms with Crippen LogP contribution in [0.1, 0.15) is 31.5 Å². The first kappa shape index (κ1) is 18.3. The van der Waals surface area contributed by atoms with Crippen LogP contribution in [-0.4, -0.2) is 41.2 Å². The average molecular weight is 368 g/mol. The molecular formula is C14H20N6O2S2. The molecule has 2 aromatic heterocycles. The van der Waals surface area contributed by atoms with Gasteiger partial charge in [0.2, 0.25) is 11.0 Å². The molecule has 0 atom stereocenters. The zero-order valence-corrected chi connectivity index (χ0v) is 15.8. The van der Waals surface area contributed by atoms with Crippen molar-refractivity contribution in [3.05, 3.63) is 16.1 Å². The molecule has 0 fully saturated rings. The van der Waals surface area contributed by atoms with Gasteiger partial charge in [0.15, 0.2) is 5.13 Å². The summed E-state index contributed by atoms with van der Waals surface area (Å²) in [5.74, 6) is -0.217. The maximum Gasteiger partial charge on any atom is 0.323 e. The highest BCUT2D eigenvalue weighted by Crippen LogP contribution is 2.27. The molecule has 0 radical (unpaired) electrons. The van der Waals surface area contributed by atoms with Crippen molar-refractivity contribution in [2.24, 2.45) is 0 Å². The van der Waals surface area contributed by atoms with Gasteiger partial charge in [0.05, 0.1) is 12.1 Å². The van der Waals surface area contributed by atoms with Crippen LogP contribution in [0.4, 0.5) is 15.1 Å². The summed E-state index contributed by atoms with van der Waals surface area (Å²) in [6.07, 6.45) is 0.114. The van der Waals surface area contributed by atoms with Crippen molar-refractivity contribution in [3.8, 4) is 0 Å². The first-order valence-corrected chi connectivity index (χ1v) is 8.94. The molecule has 0 saturated carbocycles. The fourth-order valence-electron chi connectivity index (χ4n) is 1.69. The summed E-state index contributed by atoms with van der Waals surface area (Å²) in [6, 6.07) is -0.260. The molecule has 3 amide bonds. The highest BCUT2D eigenvalue weighted by Gasteiger charge is 2.20. The summed E-state index contributed by atoms with van der Waals surface area (Å²) in [4.78, 5) is 29.4. The fourth-order valence-corrected chi connectivity index (χ4v) is 3.30. The predicted molar refractivity (Wildman–Crippen MR) is 95.9 cm³/mol. The number of rotatable bonds is 4. The van der Waals surface area contributed by atoms with Crippen molar-refractivity contribution >= 4 is 44.9 Å². The number of carbonyl (C=O) groups is 2. The third-order valence-corrected chi connectivity index (χ3v) is 5.23. The lowest BCUT2D eigenvalue weighted by atomic mass is 9.98. The number of nitrogens with zero attached hydrogens (tertiary/aromatic N) is 4. The molecule has 0 saturated heterocycles. The number of amides is 3. The number of nitrogens with one attached hydrogen (secondary N) is 2. The molecule has 2 aromatic rings. The van der Waals surface area contributed by atoms with Gasteiger partial charge in [-0.1, -0.05) is 32.1 Å². The number of hydrogen-bond donors (Lipinski definition) is 2. The van der Waals surface area contributed by atoms with Gasteiger partial charge < -0.3 is 10.6 Å². The van der Waals surface area contributed by atoms with Crippen molar-refractivity contribution in [3.63, 3.8) is 0 Å². The number of hydrogen-bond acceptors (Lipinski definition) is 7. The Bertz CT molecular complexity index is 734. The second-order valence-corrected chi connectivity index (χ2v) is 7.94. The Balaban J connectivity index is 1.97. The molecule has 130 valence electrons. The highest BCUT2D eigenvalue weighted by molar-refractivity contribution is 7.15. The Labute approximate surface area is 148 Å². The zero-order valence-electron chi connectivity index (χ0n) is 14.2. The highest BCUT2D eigenvalue weighted by atomic mass is 32.1. The van der Waals surface area contributed by atoms with E-state index in [2.05, 4.69) is 25.8 Å². The third kappa shape index (κ3) is 4.48. The van der Waals surface area contributed by atoms with E-state index in [-0.39, 0.29) is 23.8 Å². The van der Waals surface area contributed by atoms with E-state index >= 15 is 0 Å². The van der Waals surface area contributed by atoms with Gasteiger partial charge in [-0.05, 0) is 0 Å². The molecule has 0 unspecified atom stereocenters. The topological polar surface area (TPSA) is 100 Å². The second kappa shape index (κ2) is 7.22. The van der Waals surface area contributed by atoms with E-state index in [1.807, 2.05) is 20.8 Å². The number of thiazole rings is 1. The summed E-state index contributed by atoms with van der Waals surface area (Å²) in [5.41, 5.74) is 0.498. The van der Waals surface area contributed by atoms with Gasteiger partial charge in [0, 0.05) is 24.9 Å². The molecule has 0 spiro atoms. The fraction of sp³-hybridized carbons (Fsp3) is 0.500. The standard InChI is InChI=1S/C14H20N6O2S2/c1-14(2,3)10-18-19-11(24-10)17-9(21)6-8-7-23-13(16-8)20(5)12(22)15-4/h7H,6H2,1-5H3,(H,15,22)(H,17,19,21). The van der Waals surface area contributed by atoms with Crippen LogP contribution in [0.3, 0.4) is 0 Å². The number of urea groups is 1. The summed E-state index contributed by atoms with van der Waals surface area (Å²) in [5, 5.41) is 17.0. The SMILES string of the molecule is CNC(=O)N(C)c1nc(CC(=O)Nc2nnc(C(C)(C)C)s2)cs1. The van der Waals surface area contributed by atoms with Gasteiger partial charge in [0.25, 0.3) is 0 Å². The molecule has 0 aliphatic heterocycles. The van der Waals surface area contributed by atoms with Gasteiger partial charge in [-0.3, -0.25) is 9.69 Å². The molecular weight excluding hydrogens is 348 g/mol. The minimum absolute atomic E-state index is 0.102. The third-order valence-electron chi connectivity index (χ3n) is 3.00. The number of aromatic nitrogens is 3. The van der Waals surface area contributed by atoms with E-state index in [0.29, 0.717) is 16.0 Å². The first-order valence-electron chi connectivity index (χ1n) is 7.24. The van der Waals surface area contributed by atoms with Crippen molar-refractivity contribution in [1.82, 2.24) is 20.5 Å². The maximum absolute atomic E-state index is 12.1. The van der Waals surface area contributed by atoms with Crippen LogP contribution < -0.4 is 15.5 Å². The Kier molecular flexibility index (Phi) is 5.50. The molecule has 0 aliphatic carbocycles. The molecule has 8 nitrogen and oxygen atoms in total. The van der Waals surface area contributed by atoms with Crippen LogP contribution in [0.15, 0.2) is 5.38 Å². The van der Waals surface area contributed by atoms with E-state index in [1.165, 1.54) is 27.6 Å². The molecule has 2 rings (SSSR count). The number of anilines is 2. The average Bonchev–Trinajstić information content (AvgIpc) is 3.14. The molecule has 0 aliphatic rings. The molecule has 0 aromatic carbocycles. The van der Waals surface area contributed by atoms with Gasteiger partial charge in [-0.2, -0.15) is 0 Å². The Morgan fingerprint density at radius 1 is 1.29 bits per heavy atom. The van der Waals surface area contributed by atoms with Gasteiger partial charge >= 0.3 is 6.03 Å². The van der Waals surface area contributed by atoms with Crippen LogP contribution in [-0.2, 0) is 16.6 Å².